The summed E-state index contributed by atoms with van der Waals surface area (Å²) in [6, 6.07) is 24.7. The lowest BCUT2D eigenvalue weighted by Gasteiger charge is -2.34. The summed E-state index contributed by atoms with van der Waals surface area (Å²) in [7, 11) is 4.98. The second kappa shape index (κ2) is 15.0. The van der Waals surface area contributed by atoms with Crippen molar-refractivity contribution in [2.45, 2.75) is 26.1 Å². The first-order chi connectivity index (χ1) is 21.0. The van der Waals surface area contributed by atoms with Crippen molar-refractivity contribution in [2.24, 2.45) is 0 Å². The van der Waals surface area contributed by atoms with Gasteiger partial charge in [0.15, 0.2) is 11.5 Å². The summed E-state index contributed by atoms with van der Waals surface area (Å²) in [5, 5.41) is 2.85. The molecule has 5 rings (SSSR count). The predicted molar refractivity (Wildman–Crippen MR) is 170 cm³/mol. The molecule has 43 heavy (non-hydrogen) atoms. The van der Waals surface area contributed by atoms with Gasteiger partial charge in [0, 0.05) is 51.2 Å². The van der Waals surface area contributed by atoms with Gasteiger partial charge >= 0.3 is 0 Å². The van der Waals surface area contributed by atoms with E-state index in [1.54, 1.807) is 32.7 Å². The number of hydrogen-bond donors (Lipinski definition) is 0. The Balaban J connectivity index is 1.21. The lowest BCUT2D eigenvalue weighted by atomic mass is 10.1. The molecule has 0 bridgehead atoms. The molecule has 0 unspecified atom stereocenters. The van der Waals surface area contributed by atoms with Crippen molar-refractivity contribution >= 4 is 17.2 Å². The molecule has 0 aliphatic carbocycles. The smallest absolute Gasteiger partial charge is 0.273 e. The lowest BCUT2D eigenvalue weighted by Crippen LogP contribution is -2.48. The molecule has 0 spiro atoms. The average molecular weight is 601 g/mol. The molecule has 0 N–H and O–H groups in total. The minimum atomic E-state index is 0.0221. The monoisotopic (exact) mass is 600 g/mol. The van der Waals surface area contributed by atoms with Crippen LogP contribution in [-0.2, 0) is 26.1 Å². The largest absolute Gasteiger partial charge is 0.497 e. The molecule has 0 saturated carbocycles. The molecule has 3 aromatic carbocycles. The Morgan fingerprint density at radius 3 is 2.23 bits per heavy atom. The number of rotatable bonds is 13. The van der Waals surface area contributed by atoms with Crippen molar-refractivity contribution in [3.8, 4) is 17.2 Å². The van der Waals surface area contributed by atoms with E-state index in [1.807, 2.05) is 40.6 Å². The number of carbonyl (C=O) groups is 1. The van der Waals surface area contributed by atoms with Crippen LogP contribution in [0.1, 0.15) is 32.2 Å². The zero-order valence-electron chi connectivity index (χ0n) is 25.2. The second-order valence-electron chi connectivity index (χ2n) is 10.7. The normalized spacial score (nSPS) is 13.7. The standard InChI is InChI=1S/C34H40N4O4S/c1-40-29-12-9-28(10-13-29)23-37(16-15-26-11-14-31(41-2)32(21-26)42-3)24-33-35-30(25-43-33)34(39)38-19-17-36(18-20-38)22-27-7-5-4-6-8-27/h4-14,21,25H,15-20,22-24H2,1-3H3. The van der Waals surface area contributed by atoms with Gasteiger partial charge in [0.05, 0.1) is 27.9 Å². The topological polar surface area (TPSA) is 67.4 Å². The molecule has 1 aliphatic rings. The van der Waals surface area contributed by atoms with Gasteiger partial charge in [0.1, 0.15) is 16.5 Å². The summed E-state index contributed by atoms with van der Waals surface area (Å²) in [6.07, 6.45) is 0.834. The van der Waals surface area contributed by atoms with Gasteiger partial charge in [-0.1, -0.05) is 48.5 Å². The fourth-order valence-corrected chi connectivity index (χ4v) is 6.12. The molecule has 2 heterocycles. The molecule has 1 fully saturated rings. The Morgan fingerprint density at radius 1 is 0.814 bits per heavy atom. The summed E-state index contributed by atoms with van der Waals surface area (Å²) >= 11 is 1.55. The van der Waals surface area contributed by atoms with E-state index in [9.17, 15) is 4.79 Å². The second-order valence-corrected chi connectivity index (χ2v) is 11.6. The molecule has 1 aromatic heterocycles. The Bertz CT molecular complexity index is 1450. The van der Waals surface area contributed by atoms with Crippen LogP contribution >= 0.6 is 11.3 Å². The minimum absolute atomic E-state index is 0.0221. The highest BCUT2D eigenvalue weighted by molar-refractivity contribution is 7.09. The van der Waals surface area contributed by atoms with Crippen LogP contribution in [0.5, 0.6) is 17.2 Å². The first-order valence-corrected chi connectivity index (χ1v) is 15.5. The zero-order chi connectivity index (χ0) is 30.0. The SMILES string of the molecule is COc1ccc(CN(CCc2ccc(OC)c(OC)c2)Cc2nc(C(=O)N3CCN(Cc4ccccc4)CC3)cs2)cc1. The van der Waals surface area contributed by atoms with Crippen molar-refractivity contribution < 1.29 is 19.0 Å². The maximum atomic E-state index is 13.3. The van der Waals surface area contributed by atoms with E-state index in [0.717, 1.165) is 61.4 Å². The van der Waals surface area contributed by atoms with Crippen LogP contribution in [0.2, 0.25) is 0 Å². The van der Waals surface area contributed by atoms with Crippen LogP contribution in [0, 0.1) is 0 Å². The van der Waals surface area contributed by atoms with E-state index in [4.69, 9.17) is 19.2 Å². The zero-order valence-corrected chi connectivity index (χ0v) is 26.0. The van der Waals surface area contributed by atoms with Crippen molar-refractivity contribution in [1.29, 1.82) is 0 Å². The van der Waals surface area contributed by atoms with Crippen molar-refractivity contribution in [2.75, 3.05) is 54.1 Å². The molecule has 1 saturated heterocycles. The van der Waals surface area contributed by atoms with Gasteiger partial charge in [-0.15, -0.1) is 11.3 Å². The van der Waals surface area contributed by atoms with Gasteiger partial charge in [-0.25, -0.2) is 4.98 Å². The molecular formula is C34H40N4O4S. The predicted octanol–water partition coefficient (Wildman–Crippen LogP) is 5.37. The number of thiazole rings is 1. The molecule has 226 valence electrons. The van der Waals surface area contributed by atoms with Crippen molar-refractivity contribution in [3.05, 3.63) is 106 Å². The summed E-state index contributed by atoms with van der Waals surface area (Å²) in [6.45, 7) is 6.30. The average Bonchev–Trinajstić information content (AvgIpc) is 3.52. The van der Waals surface area contributed by atoms with E-state index in [0.29, 0.717) is 25.3 Å². The molecule has 1 aliphatic heterocycles. The quantitative estimate of drug-likeness (QED) is 0.204. The molecular weight excluding hydrogens is 560 g/mol. The molecule has 1 amide bonds. The van der Waals surface area contributed by atoms with Gasteiger partial charge < -0.3 is 19.1 Å². The number of nitrogens with zero attached hydrogens (tertiary/aromatic N) is 4. The minimum Gasteiger partial charge on any atom is -0.497 e. The number of ether oxygens (including phenoxy) is 3. The Morgan fingerprint density at radius 2 is 1.53 bits per heavy atom. The van der Waals surface area contributed by atoms with Crippen LogP contribution in [0.25, 0.3) is 0 Å². The first kappa shape index (κ1) is 30.5. The summed E-state index contributed by atoms with van der Waals surface area (Å²) < 4.78 is 16.3. The third-order valence-electron chi connectivity index (χ3n) is 7.77. The number of carbonyl (C=O) groups excluding carboxylic acids is 1. The third kappa shape index (κ3) is 8.34. The van der Waals surface area contributed by atoms with Crippen molar-refractivity contribution in [3.63, 3.8) is 0 Å². The van der Waals surface area contributed by atoms with E-state index in [2.05, 4.69) is 52.3 Å². The van der Waals surface area contributed by atoms with Crippen molar-refractivity contribution in [1.82, 2.24) is 19.7 Å². The molecule has 0 radical (unpaired) electrons. The number of aromatic nitrogens is 1. The highest BCUT2D eigenvalue weighted by Gasteiger charge is 2.24. The van der Waals surface area contributed by atoms with E-state index >= 15 is 0 Å². The van der Waals surface area contributed by atoms with Gasteiger partial charge in [-0.2, -0.15) is 0 Å². The number of benzene rings is 3. The molecule has 8 nitrogen and oxygen atoms in total. The van der Waals surface area contributed by atoms with E-state index in [-0.39, 0.29) is 5.91 Å². The fourth-order valence-electron chi connectivity index (χ4n) is 5.31. The van der Waals surface area contributed by atoms with Crippen LogP contribution < -0.4 is 14.2 Å². The third-order valence-corrected chi connectivity index (χ3v) is 8.60. The number of piperazine rings is 1. The maximum Gasteiger partial charge on any atom is 0.273 e. The number of amides is 1. The molecule has 4 aromatic rings. The summed E-state index contributed by atoms with van der Waals surface area (Å²) in [5.74, 6) is 2.31. The summed E-state index contributed by atoms with van der Waals surface area (Å²) in [5.41, 5.74) is 4.20. The van der Waals surface area contributed by atoms with Crippen LogP contribution in [0.15, 0.2) is 78.2 Å². The summed E-state index contributed by atoms with van der Waals surface area (Å²) in [4.78, 5) is 24.9. The van der Waals surface area contributed by atoms with E-state index < -0.39 is 0 Å². The lowest BCUT2D eigenvalue weighted by molar-refractivity contribution is 0.0623. The van der Waals surface area contributed by atoms with Gasteiger partial charge in [0.2, 0.25) is 0 Å². The van der Waals surface area contributed by atoms with Gasteiger partial charge in [0.25, 0.3) is 5.91 Å². The Kier molecular flexibility index (Phi) is 10.7. The highest BCUT2D eigenvalue weighted by atomic mass is 32.1. The van der Waals surface area contributed by atoms with Gasteiger partial charge in [-0.05, 0) is 47.4 Å². The van der Waals surface area contributed by atoms with Crippen LogP contribution in [0.3, 0.4) is 0 Å². The Labute approximate surface area is 258 Å². The van der Waals surface area contributed by atoms with Gasteiger partial charge in [-0.3, -0.25) is 14.6 Å². The number of hydrogen-bond acceptors (Lipinski definition) is 8. The first-order valence-electron chi connectivity index (χ1n) is 14.6. The number of methoxy groups -OCH3 is 3. The highest BCUT2D eigenvalue weighted by Crippen LogP contribution is 2.28. The molecule has 9 heteroatoms. The fraction of sp³-hybridized carbons (Fsp3) is 0.353. The van der Waals surface area contributed by atoms with E-state index in [1.165, 1.54) is 16.7 Å². The molecule has 0 atom stereocenters. The van der Waals surface area contributed by atoms with Crippen LogP contribution in [0.4, 0.5) is 0 Å². The van der Waals surface area contributed by atoms with Crippen LogP contribution in [-0.4, -0.2) is 79.6 Å². The maximum absolute atomic E-state index is 13.3. The Hall–Kier alpha value is -3.92.